The molecule has 1 amide bonds. The molecule has 8 nitrogen and oxygen atoms in total. The van der Waals surface area contributed by atoms with Gasteiger partial charge in [0.05, 0.1) is 30.2 Å². The molecule has 142 valence electrons. The summed E-state index contributed by atoms with van der Waals surface area (Å²) in [5.41, 5.74) is 4.58. The maximum absolute atomic E-state index is 12.7. The molecule has 0 bridgehead atoms. The lowest BCUT2D eigenvalue weighted by atomic mass is 10.1. The first-order chi connectivity index (χ1) is 12.4. The Hall–Kier alpha value is -2.19. The van der Waals surface area contributed by atoms with E-state index in [2.05, 4.69) is 10.2 Å². The minimum atomic E-state index is -0.977. The van der Waals surface area contributed by atoms with Gasteiger partial charge >= 0.3 is 0 Å². The third-order valence-corrected chi connectivity index (χ3v) is 5.15. The number of carbonyl (C=O) groups is 1. The summed E-state index contributed by atoms with van der Waals surface area (Å²) in [7, 11) is 1.92. The number of nitrogens with zero attached hydrogens (tertiary/aromatic N) is 5. The molecule has 0 spiro atoms. The molecule has 1 aliphatic heterocycles. The molecule has 1 atom stereocenters. The fourth-order valence-electron chi connectivity index (χ4n) is 3.52. The number of aryl methyl sites for hydroxylation is 3. The van der Waals surface area contributed by atoms with Gasteiger partial charge in [-0.15, -0.1) is 0 Å². The van der Waals surface area contributed by atoms with E-state index in [1.807, 2.05) is 35.2 Å². The van der Waals surface area contributed by atoms with E-state index < -0.39 is 6.10 Å². The van der Waals surface area contributed by atoms with E-state index in [9.17, 15) is 9.90 Å². The fraction of sp³-hybridized carbons (Fsp3) is 0.611. The lowest BCUT2D eigenvalue weighted by molar-refractivity contribution is -0.131. The molecule has 2 aromatic rings. The van der Waals surface area contributed by atoms with Crippen LogP contribution in [0.3, 0.4) is 0 Å². The minimum Gasteiger partial charge on any atom is -0.393 e. The van der Waals surface area contributed by atoms with E-state index in [-0.39, 0.29) is 12.5 Å². The Morgan fingerprint density at radius 3 is 2.73 bits per heavy atom. The van der Waals surface area contributed by atoms with E-state index in [1.54, 1.807) is 6.07 Å². The molecular weight excluding hydrogens is 334 g/mol. The van der Waals surface area contributed by atoms with Crippen LogP contribution in [0.25, 0.3) is 0 Å². The number of amides is 1. The van der Waals surface area contributed by atoms with Gasteiger partial charge < -0.3 is 15.1 Å². The number of hydrogen-bond donors (Lipinski definition) is 2. The van der Waals surface area contributed by atoms with Gasteiger partial charge in [-0.1, -0.05) is 0 Å². The number of aliphatic hydroxyl groups excluding tert-OH is 2. The summed E-state index contributed by atoms with van der Waals surface area (Å²) in [5, 5.41) is 27.6. The highest BCUT2D eigenvalue weighted by Gasteiger charge is 2.22. The SMILES string of the molecule is Cc1nn(C)c(C)c1CCC(=O)N1CCCn2nc(C(O)CO)cc2C1. The van der Waals surface area contributed by atoms with Crippen molar-refractivity contribution in [2.45, 2.75) is 52.3 Å². The summed E-state index contributed by atoms with van der Waals surface area (Å²) < 4.78 is 3.69. The fourth-order valence-corrected chi connectivity index (χ4v) is 3.52. The highest BCUT2D eigenvalue weighted by Crippen LogP contribution is 2.20. The predicted octanol–water partition coefficient (Wildman–Crippen LogP) is 0.624. The first-order valence-electron chi connectivity index (χ1n) is 9.03. The summed E-state index contributed by atoms with van der Waals surface area (Å²) in [6.45, 7) is 5.53. The quantitative estimate of drug-likeness (QED) is 0.814. The molecule has 1 unspecified atom stereocenters. The van der Waals surface area contributed by atoms with Gasteiger partial charge in [-0.3, -0.25) is 14.2 Å². The summed E-state index contributed by atoms with van der Waals surface area (Å²) in [5.74, 6) is 0.117. The topological polar surface area (TPSA) is 96.4 Å². The molecule has 0 saturated heterocycles. The van der Waals surface area contributed by atoms with Crippen molar-refractivity contribution < 1.29 is 15.0 Å². The molecule has 2 N–H and O–H groups in total. The number of carbonyl (C=O) groups excluding carboxylic acids is 1. The molecule has 0 aliphatic carbocycles. The standard InChI is InChI=1S/C18H27N5O3/c1-12-15(13(2)21(3)19-12)5-6-18(26)22-7-4-8-23-14(10-22)9-16(20-23)17(25)11-24/h9,17,24-25H,4-8,10-11H2,1-3H3. The van der Waals surface area contributed by atoms with Crippen LogP contribution in [-0.2, 0) is 31.4 Å². The number of aliphatic hydroxyl groups is 2. The van der Waals surface area contributed by atoms with Gasteiger partial charge in [0, 0.05) is 32.3 Å². The van der Waals surface area contributed by atoms with Crippen molar-refractivity contribution in [3.8, 4) is 0 Å². The lowest BCUT2D eigenvalue weighted by Crippen LogP contribution is -2.31. The van der Waals surface area contributed by atoms with Crippen molar-refractivity contribution in [2.24, 2.45) is 7.05 Å². The van der Waals surface area contributed by atoms with Crippen molar-refractivity contribution in [2.75, 3.05) is 13.2 Å². The monoisotopic (exact) mass is 361 g/mol. The van der Waals surface area contributed by atoms with Crippen LogP contribution < -0.4 is 0 Å². The highest BCUT2D eigenvalue weighted by molar-refractivity contribution is 5.76. The van der Waals surface area contributed by atoms with Gasteiger partial charge in [-0.25, -0.2) is 0 Å². The predicted molar refractivity (Wildman–Crippen MR) is 95.3 cm³/mol. The minimum absolute atomic E-state index is 0.117. The van der Waals surface area contributed by atoms with Crippen molar-refractivity contribution in [1.29, 1.82) is 0 Å². The van der Waals surface area contributed by atoms with Gasteiger partial charge in [0.1, 0.15) is 6.10 Å². The van der Waals surface area contributed by atoms with Gasteiger partial charge in [0.2, 0.25) is 5.91 Å². The smallest absolute Gasteiger partial charge is 0.223 e. The Morgan fingerprint density at radius 1 is 1.31 bits per heavy atom. The normalized spacial score (nSPS) is 15.7. The molecule has 0 fully saturated rings. The molecule has 3 heterocycles. The Kier molecular flexibility index (Phi) is 5.43. The van der Waals surface area contributed by atoms with Crippen molar-refractivity contribution in [3.63, 3.8) is 0 Å². The Bertz CT molecular complexity index is 795. The van der Waals surface area contributed by atoms with Crippen molar-refractivity contribution in [3.05, 3.63) is 34.4 Å². The van der Waals surface area contributed by atoms with Crippen molar-refractivity contribution in [1.82, 2.24) is 24.5 Å². The van der Waals surface area contributed by atoms with E-state index in [0.29, 0.717) is 38.2 Å². The summed E-state index contributed by atoms with van der Waals surface area (Å²) >= 11 is 0. The van der Waals surface area contributed by atoms with Gasteiger partial charge in [0.15, 0.2) is 0 Å². The van der Waals surface area contributed by atoms with Gasteiger partial charge in [-0.2, -0.15) is 10.2 Å². The molecule has 2 aromatic heterocycles. The van der Waals surface area contributed by atoms with Crippen LogP contribution in [0.2, 0.25) is 0 Å². The molecule has 0 radical (unpaired) electrons. The van der Waals surface area contributed by atoms with Crippen LogP contribution in [0.4, 0.5) is 0 Å². The van der Waals surface area contributed by atoms with Crippen LogP contribution >= 0.6 is 0 Å². The average molecular weight is 361 g/mol. The van der Waals surface area contributed by atoms with E-state index >= 15 is 0 Å². The Morgan fingerprint density at radius 2 is 2.08 bits per heavy atom. The zero-order chi connectivity index (χ0) is 18.8. The second-order valence-electron chi connectivity index (χ2n) is 6.92. The summed E-state index contributed by atoms with van der Waals surface area (Å²) in [6.07, 6.45) is 0.984. The molecule has 3 rings (SSSR count). The zero-order valence-corrected chi connectivity index (χ0v) is 15.6. The highest BCUT2D eigenvalue weighted by atomic mass is 16.3. The maximum atomic E-state index is 12.7. The van der Waals surface area contributed by atoms with Crippen LogP contribution in [0.5, 0.6) is 0 Å². The largest absolute Gasteiger partial charge is 0.393 e. The Labute approximate surface area is 153 Å². The summed E-state index contributed by atoms with van der Waals surface area (Å²) in [6, 6.07) is 1.78. The number of aromatic nitrogens is 4. The van der Waals surface area contributed by atoms with Crippen LogP contribution in [0, 0.1) is 13.8 Å². The lowest BCUT2D eigenvalue weighted by Gasteiger charge is -2.20. The van der Waals surface area contributed by atoms with E-state index in [0.717, 1.165) is 29.1 Å². The van der Waals surface area contributed by atoms with Crippen LogP contribution in [0.15, 0.2) is 6.07 Å². The average Bonchev–Trinajstić information content (AvgIpc) is 3.04. The summed E-state index contributed by atoms with van der Waals surface area (Å²) in [4.78, 5) is 14.6. The van der Waals surface area contributed by atoms with Gasteiger partial charge in [-0.05, 0) is 38.3 Å². The third-order valence-electron chi connectivity index (χ3n) is 5.15. The van der Waals surface area contributed by atoms with E-state index in [4.69, 9.17) is 5.11 Å². The number of rotatable bonds is 5. The Balaban J connectivity index is 1.67. The molecule has 0 aromatic carbocycles. The zero-order valence-electron chi connectivity index (χ0n) is 15.6. The number of hydrogen-bond acceptors (Lipinski definition) is 5. The van der Waals surface area contributed by atoms with Crippen LogP contribution in [0.1, 0.15) is 47.3 Å². The van der Waals surface area contributed by atoms with E-state index in [1.165, 1.54) is 0 Å². The molecule has 1 aliphatic rings. The molecular formula is C18H27N5O3. The number of fused-ring (bicyclic) bond motifs is 1. The first kappa shape index (κ1) is 18.6. The molecule has 26 heavy (non-hydrogen) atoms. The molecule has 0 saturated carbocycles. The molecule has 8 heteroatoms. The van der Waals surface area contributed by atoms with Crippen molar-refractivity contribution >= 4 is 5.91 Å². The third kappa shape index (κ3) is 3.66. The van der Waals surface area contributed by atoms with Crippen LogP contribution in [-0.4, -0.2) is 53.7 Å². The second-order valence-corrected chi connectivity index (χ2v) is 6.92. The first-order valence-corrected chi connectivity index (χ1v) is 9.03. The van der Waals surface area contributed by atoms with Gasteiger partial charge in [0.25, 0.3) is 0 Å². The second kappa shape index (κ2) is 7.59. The maximum Gasteiger partial charge on any atom is 0.223 e.